The minimum Gasteiger partial charge on any atom is -0.396 e. The van der Waals surface area contributed by atoms with Gasteiger partial charge in [-0.15, -0.1) is 0 Å². The van der Waals surface area contributed by atoms with Crippen molar-refractivity contribution in [2.45, 2.75) is 25.7 Å². The van der Waals surface area contributed by atoms with Crippen molar-refractivity contribution in [3.63, 3.8) is 0 Å². The molecular formula is C18H27NO. The van der Waals surface area contributed by atoms with Crippen molar-refractivity contribution in [1.82, 2.24) is 4.90 Å². The first-order valence-electron chi connectivity index (χ1n) is 7.91. The molecule has 110 valence electrons. The average molecular weight is 273 g/mol. The lowest BCUT2D eigenvalue weighted by molar-refractivity contribution is 0.241. The van der Waals surface area contributed by atoms with Crippen LogP contribution in [0.5, 0.6) is 0 Å². The lowest BCUT2D eigenvalue weighted by atomic mass is 10.1. The van der Waals surface area contributed by atoms with Crippen LogP contribution < -0.4 is 0 Å². The van der Waals surface area contributed by atoms with Crippen LogP contribution >= 0.6 is 0 Å². The van der Waals surface area contributed by atoms with Gasteiger partial charge in [0.1, 0.15) is 0 Å². The van der Waals surface area contributed by atoms with Gasteiger partial charge in [-0.05, 0) is 19.4 Å². The highest BCUT2D eigenvalue weighted by molar-refractivity contribution is 5.19. The van der Waals surface area contributed by atoms with Crippen molar-refractivity contribution < 1.29 is 5.11 Å². The Morgan fingerprint density at radius 2 is 1.20 bits per heavy atom. The zero-order valence-corrected chi connectivity index (χ0v) is 12.3. The number of hydrogen-bond acceptors (Lipinski definition) is 2. The first kappa shape index (κ1) is 15.3. The maximum Gasteiger partial charge on any atom is 0.0431 e. The van der Waals surface area contributed by atoms with E-state index in [-0.39, 0.29) is 0 Å². The summed E-state index contributed by atoms with van der Waals surface area (Å²) in [4.78, 5) is 2.59. The third-order valence-electron chi connectivity index (χ3n) is 3.98. The van der Waals surface area contributed by atoms with Gasteiger partial charge < -0.3 is 10.0 Å². The van der Waals surface area contributed by atoms with E-state index in [4.69, 9.17) is 5.11 Å². The fraction of sp³-hybridized carbons (Fsp3) is 0.556. The number of allylic oxidation sites excluding steroid dienone is 4. The van der Waals surface area contributed by atoms with E-state index in [1.165, 1.54) is 19.4 Å². The minimum atomic E-state index is 0.332. The van der Waals surface area contributed by atoms with Crippen LogP contribution in [0.15, 0.2) is 48.6 Å². The van der Waals surface area contributed by atoms with Crippen LogP contribution in [0.4, 0.5) is 0 Å². The maximum atomic E-state index is 8.81. The second-order valence-corrected chi connectivity index (χ2v) is 5.76. The predicted octanol–water partition coefficient (Wildman–Crippen LogP) is 3.33. The first-order valence-corrected chi connectivity index (χ1v) is 7.91. The predicted molar refractivity (Wildman–Crippen MR) is 85.5 cm³/mol. The molecular weight excluding hydrogens is 246 g/mol. The highest BCUT2D eigenvalue weighted by atomic mass is 16.2. The molecule has 0 aromatic heterocycles. The van der Waals surface area contributed by atoms with E-state index >= 15 is 0 Å². The van der Waals surface area contributed by atoms with Crippen molar-refractivity contribution in [3.05, 3.63) is 48.6 Å². The summed E-state index contributed by atoms with van der Waals surface area (Å²) in [6, 6.07) is 0. The Labute approximate surface area is 123 Å². The molecule has 0 aliphatic heterocycles. The number of hydrogen-bond donors (Lipinski definition) is 1. The Morgan fingerprint density at radius 3 is 1.70 bits per heavy atom. The molecule has 2 rings (SSSR count). The topological polar surface area (TPSA) is 23.5 Å². The normalized spacial score (nSPS) is 18.1. The molecule has 0 fully saturated rings. The van der Waals surface area contributed by atoms with Crippen molar-refractivity contribution in [3.8, 4) is 0 Å². The third-order valence-corrected chi connectivity index (χ3v) is 3.98. The fourth-order valence-electron chi connectivity index (χ4n) is 2.85. The molecule has 0 atom stereocenters. The minimum absolute atomic E-state index is 0.332. The van der Waals surface area contributed by atoms with Crippen LogP contribution in [0, 0.1) is 11.8 Å². The number of rotatable bonds is 10. The number of unbranched alkanes of at least 4 members (excludes halogenated alkanes) is 3. The Bertz CT molecular complexity index is 327. The van der Waals surface area contributed by atoms with Crippen molar-refractivity contribution in [2.24, 2.45) is 11.8 Å². The lowest BCUT2D eigenvalue weighted by Gasteiger charge is -2.26. The van der Waals surface area contributed by atoms with Gasteiger partial charge in [0.25, 0.3) is 0 Å². The Balaban J connectivity index is 1.73. The molecule has 2 aliphatic rings. The lowest BCUT2D eigenvalue weighted by Crippen LogP contribution is -2.32. The number of aliphatic hydroxyl groups is 1. The van der Waals surface area contributed by atoms with E-state index in [1.54, 1.807) is 0 Å². The van der Waals surface area contributed by atoms with Gasteiger partial charge in [-0.1, -0.05) is 61.4 Å². The molecule has 0 aromatic rings. The quantitative estimate of drug-likeness (QED) is 0.617. The summed E-state index contributed by atoms with van der Waals surface area (Å²) in [7, 11) is 0. The van der Waals surface area contributed by atoms with Crippen LogP contribution in [0.25, 0.3) is 0 Å². The maximum absolute atomic E-state index is 8.81. The second kappa shape index (κ2) is 8.93. The number of nitrogens with zero attached hydrogens (tertiary/aromatic N) is 1. The van der Waals surface area contributed by atoms with Crippen LogP contribution in [-0.4, -0.2) is 36.2 Å². The summed E-state index contributed by atoms with van der Waals surface area (Å²) in [5, 5.41) is 8.81. The number of aliphatic hydroxyl groups excluding tert-OH is 1. The van der Waals surface area contributed by atoms with Crippen LogP contribution in [-0.2, 0) is 0 Å². The van der Waals surface area contributed by atoms with Gasteiger partial charge in [-0.3, -0.25) is 0 Å². The van der Waals surface area contributed by atoms with Crippen molar-refractivity contribution >= 4 is 0 Å². The highest BCUT2D eigenvalue weighted by Crippen LogP contribution is 2.16. The molecule has 2 aliphatic carbocycles. The van der Waals surface area contributed by atoms with Gasteiger partial charge in [0.2, 0.25) is 0 Å². The first-order chi connectivity index (χ1) is 9.88. The molecule has 0 bridgehead atoms. The van der Waals surface area contributed by atoms with Gasteiger partial charge in [-0.25, -0.2) is 0 Å². The average Bonchev–Trinajstić information content (AvgIpc) is 3.12. The van der Waals surface area contributed by atoms with E-state index < -0.39 is 0 Å². The van der Waals surface area contributed by atoms with Gasteiger partial charge in [0.15, 0.2) is 0 Å². The Kier molecular flexibility index (Phi) is 6.82. The summed E-state index contributed by atoms with van der Waals surface area (Å²) < 4.78 is 0. The zero-order valence-electron chi connectivity index (χ0n) is 12.3. The second-order valence-electron chi connectivity index (χ2n) is 5.76. The van der Waals surface area contributed by atoms with Crippen molar-refractivity contribution in [1.29, 1.82) is 0 Å². The van der Waals surface area contributed by atoms with Gasteiger partial charge in [0.05, 0.1) is 0 Å². The largest absolute Gasteiger partial charge is 0.396 e. The van der Waals surface area contributed by atoms with E-state index in [9.17, 15) is 0 Å². The molecule has 0 saturated heterocycles. The molecule has 2 nitrogen and oxygen atoms in total. The summed E-state index contributed by atoms with van der Waals surface area (Å²) >= 11 is 0. The molecule has 20 heavy (non-hydrogen) atoms. The van der Waals surface area contributed by atoms with Crippen molar-refractivity contribution in [2.75, 3.05) is 26.2 Å². The summed E-state index contributed by atoms with van der Waals surface area (Å²) in [6.07, 6.45) is 22.3. The van der Waals surface area contributed by atoms with E-state index in [0.29, 0.717) is 18.4 Å². The summed E-state index contributed by atoms with van der Waals surface area (Å²) in [5.74, 6) is 1.17. The van der Waals surface area contributed by atoms with Crippen LogP contribution in [0.1, 0.15) is 25.7 Å². The molecule has 0 aromatic carbocycles. The van der Waals surface area contributed by atoms with Crippen LogP contribution in [0.3, 0.4) is 0 Å². The Hall–Kier alpha value is -1.12. The smallest absolute Gasteiger partial charge is 0.0431 e. The van der Waals surface area contributed by atoms with Gasteiger partial charge in [-0.2, -0.15) is 0 Å². The molecule has 0 unspecified atom stereocenters. The van der Waals surface area contributed by atoms with Crippen LogP contribution in [0.2, 0.25) is 0 Å². The third kappa shape index (κ3) is 5.48. The van der Waals surface area contributed by atoms with E-state index in [2.05, 4.69) is 53.5 Å². The van der Waals surface area contributed by atoms with E-state index in [0.717, 1.165) is 25.9 Å². The van der Waals surface area contributed by atoms with Gasteiger partial charge in [0, 0.05) is 31.5 Å². The SMILES string of the molecule is OCCCCCCN(CC1C=CC=C1)CC1C=CC=C1. The zero-order chi connectivity index (χ0) is 14.0. The molecule has 0 radical (unpaired) electrons. The molecule has 0 saturated carbocycles. The van der Waals surface area contributed by atoms with Gasteiger partial charge >= 0.3 is 0 Å². The molecule has 0 amide bonds. The van der Waals surface area contributed by atoms with E-state index in [1.807, 2.05) is 0 Å². The summed E-state index contributed by atoms with van der Waals surface area (Å²) in [6.45, 7) is 3.76. The standard InChI is InChI=1S/C18H27NO/c20-14-8-2-1-7-13-19(15-17-9-3-4-10-17)16-18-11-5-6-12-18/h3-6,9-12,17-18,20H,1-2,7-8,13-16H2. The fourth-order valence-corrected chi connectivity index (χ4v) is 2.85. The Morgan fingerprint density at radius 1 is 0.700 bits per heavy atom. The molecule has 0 spiro atoms. The molecule has 2 heteroatoms. The highest BCUT2D eigenvalue weighted by Gasteiger charge is 2.15. The summed E-state index contributed by atoms with van der Waals surface area (Å²) in [5.41, 5.74) is 0. The molecule has 1 N–H and O–H groups in total. The molecule has 0 heterocycles. The monoisotopic (exact) mass is 273 g/mol.